The zero-order valence-corrected chi connectivity index (χ0v) is 7.91. The van der Waals surface area contributed by atoms with Crippen LogP contribution in [0.3, 0.4) is 0 Å². The predicted molar refractivity (Wildman–Crippen MR) is 49.5 cm³/mol. The fourth-order valence-corrected chi connectivity index (χ4v) is 0.933. The van der Waals surface area contributed by atoms with Crippen LogP contribution in [0.1, 0.15) is 13.8 Å². The Morgan fingerprint density at radius 2 is 2.38 bits per heavy atom. The standard InChI is InChI=1S/C10H13NO2/c1-9(2)13-8-7-11-6-4-3-5-10(11)12/h4,6,9H,7-8H2,1-2H3. The highest BCUT2D eigenvalue weighted by Gasteiger charge is 1.95. The second-order valence-corrected chi connectivity index (χ2v) is 3.00. The van der Waals surface area contributed by atoms with Gasteiger partial charge in [0.1, 0.15) is 0 Å². The average molecular weight is 179 g/mol. The van der Waals surface area contributed by atoms with Crippen LogP contribution < -0.4 is 5.56 Å². The molecule has 1 rings (SSSR count). The highest BCUT2D eigenvalue weighted by atomic mass is 16.5. The van der Waals surface area contributed by atoms with E-state index in [-0.39, 0.29) is 11.7 Å². The largest absolute Gasteiger partial charge is 0.377 e. The molecule has 0 bridgehead atoms. The molecule has 0 aliphatic rings. The van der Waals surface area contributed by atoms with E-state index in [0.29, 0.717) is 13.2 Å². The van der Waals surface area contributed by atoms with Gasteiger partial charge in [0.2, 0.25) is 0 Å². The minimum atomic E-state index is -0.158. The highest BCUT2D eigenvalue weighted by molar-refractivity contribution is 4.82. The first-order valence-corrected chi connectivity index (χ1v) is 4.30. The third-order valence-electron chi connectivity index (χ3n) is 1.56. The van der Waals surface area contributed by atoms with Gasteiger partial charge in [-0.1, -0.05) is 6.07 Å². The second kappa shape index (κ2) is 4.68. The molecule has 0 aliphatic heterocycles. The van der Waals surface area contributed by atoms with E-state index in [9.17, 15) is 4.79 Å². The Bertz CT molecular complexity index is 304. The third kappa shape index (κ3) is 3.30. The van der Waals surface area contributed by atoms with Crippen molar-refractivity contribution in [2.24, 2.45) is 0 Å². The Labute approximate surface area is 78.0 Å². The molecule has 13 heavy (non-hydrogen) atoms. The monoisotopic (exact) mass is 179 g/mol. The molecule has 0 saturated carbocycles. The van der Waals surface area contributed by atoms with Gasteiger partial charge in [0.15, 0.2) is 0 Å². The van der Waals surface area contributed by atoms with Gasteiger partial charge in [0.05, 0.1) is 12.7 Å². The Morgan fingerprint density at radius 1 is 1.62 bits per heavy atom. The SMILES string of the molecule is CC(C)OCCn1ccc#cc1=O. The van der Waals surface area contributed by atoms with Gasteiger partial charge in [0.25, 0.3) is 0 Å². The molecule has 0 amide bonds. The van der Waals surface area contributed by atoms with Crippen molar-refractivity contribution in [3.8, 4) is 0 Å². The van der Waals surface area contributed by atoms with Gasteiger partial charge in [-0.15, -0.1) is 0 Å². The Morgan fingerprint density at radius 3 is 3.00 bits per heavy atom. The third-order valence-corrected chi connectivity index (χ3v) is 1.56. The van der Waals surface area contributed by atoms with E-state index in [1.165, 1.54) is 0 Å². The van der Waals surface area contributed by atoms with Crippen molar-refractivity contribution in [1.29, 1.82) is 0 Å². The van der Waals surface area contributed by atoms with Crippen molar-refractivity contribution in [2.75, 3.05) is 6.61 Å². The molecule has 1 heterocycles. The van der Waals surface area contributed by atoms with Crippen molar-refractivity contribution in [1.82, 2.24) is 4.57 Å². The van der Waals surface area contributed by atoms with E-state index < -0.39 is 0 Å². The molecule has 1 aromatic rings. The van der Waals surface area contributed by atoms with Crippen LogP contribution in [0.15, 0.2) is 17.1 Å². The minimum absolute atomic E-state index is 0.158. The number of rotatable bonds is 4. The van der Waals surface area contributed by atoms with Gasteiger partial charge < -0.3 is 9.30 Å². The Balaban J connectivity index is 2.46. The van der Waals surface area contributed by atoms with E-state index in [4.69, 9.17) is 4.74 Å². The molecule has 0 unspecified atom stereocenters. The van der Waals surface area contributed by atoms with Crippen LogP contribution in [0.4, 0.5) is 0 Å². The molecule has 0 saturated heterocycles. The van der Waals surface area contributed by atoms with Gasteiger partial charge in [-0.3, -0.25) is 4.79 Å². The first-order chi connectivity index (χ1) is 6.20. The zero-order valence-electron chi connectivity index (χ0n) is 7.91. The van der Waals surface area contributed by atoms with Gasteiger partial charge in [-0.25, -0.2) is 0 Å². The topological polar surface area (TPSA) is 31.2 Å². The van der Waals surface area contributed by atoms with Gasteiger partial charge >= 0.3 is 5.56 Å². The summed E-state index contributed by atoms with van der Waals surface area (Å²) in [6.45, 7) is 5.05. The van der Waals surface area contributed by atoms with E-state index in [2.05, 4.69) is 12.1 Å². The average Bonchev–Trinajstić information content (AvgIpc) is 2.08. The molecule has 70 valence electrons. The molecular weight excluding hydrogens is 166 g/mol. The van der Waals surface area contributed by atoms with Gasteiger partial charge in [-0.05, 0) is 13.8 Å². The summed E-state index contributed by atoms with van der Waals surface area (Å²) in [6.07, 6.45) is 1.89. The summed E-state index contributed by atoms with van der Waals surface area (Å²) in [5.74, 6) is 0. The lowest BCUT2D eigenvalue weighted by Gasteiger charge is -2.07. The van der Waals surface area contributed by atoms with Crippen LogP contribution >= 0.6 is 0 Å². The van der Waals surface area contributed by atoms with Crippen LogP contribution in [-0.2, 0) is 11.3 Å². The summed E-state index contributed by atoms with van der Waals surface area (Å²) in [4.78, 5) is 11.1. The van der Waals surface area contributed by atoms with Crippen LogP contribution in [0, 0.1) is 12.1 Å². The summed E-state index contributed by atoms with van der Waals surface area (Å²) in [5.41, 5.74) is -0.158. The summed E-state index contributed by atoms with van der Waals surface area (Å²) in [6, 6.07) is 6.73. The van der Waals surface area contributed by atoms with E-state index in [0.717, 1.165) is 0 Å². The molecular formula is C10H13NO2. The molecule has 0 aliphatic carbocycles. The Hall–Kier alpha value is -1.27. The maximum atomic E-state index is 11.1. The molecule has 0 spiro atoms. The lowest BCUT2D eigenvalue weighted by atomic mass is 10.5. The maximum Gasteiger partial charge on any atom is 0.302 e. The first kappa shape index (κ1) is 9.82. The molecule has 0 fully saturated rings. The van der Waals surface area contributed by atoms with E-state index in [1.807, 2.05) is 13.8 Å². The molecule has 0 atom stereocenters. The number of nitrogens with zero attached hydrogens (tertiary/aromatic N) is 1. The summed E-state index contributed by atoms with van der Waals surface area (Å²) >= 11 is 0. The fraction of sp³-hybridized carbons (Fsp3) is 0.500. The van der Waals surface area contributed by atoms with E-state index >= 15 is 0 Å². The fourth-order valence-electron chi connectivity index (χ4n) is 0.933. The molecule has 3 nitrogen and oxygen atoms in total. The van der Waals surface area contributed by atoms with Crippen LogP contribution in [0.2, 0.25) is 0 Å². The van der Waals surface area contributed by atoms with Gasteiger partial charge in [0, 0.05) is 24.9 Å². The zero-order chi connectivity index (χ0) is 9.68. The molecule has 0 radical (unpaired) electrons. The van der Waals surface area contributed by atoms with Crippen molar-refractivity contribution in [3.63, 3.8) is 0 Å². The normalized spacial score (nSPS) is 10.1. The lowest BCUT2D eigenvalue weighted by molar-refractivity contribution is 0.0722. The van der Waals surface area contributed by atoms with Gasteiger partial charge in [-0.2, -0.15) is 0 Å². The van der Waals surface area contributed by atoms with Crippen LogP contribution in [0.5, 0.6) is 0 Å². The van der Waals surface area contributed by atoms with Crippen molar-refractivity contribution >= 4 is 0 Å². The predicted octanol–water partition coefficient (Wildman–Crippen LogP) is 0.874. The molecule has 3 heteroatoms. The lowest BCUT2D eigenvalue weighted by Crippen LogP contribution is -2.20. The Kier molecular flexibility index (Phi) is 3.53. The van der Waals surface area contributed by atoms with Crippen LogP contribution in [0.25, 0.3) is 0 Å². The number of hydrogen-bond donors (Lipinski definition) is 0. The summed E-state index contributed by atoms with van der Waals surface area (Å²) < 4.78 is 6.87. The molecule has 0 N–H and O–H groups in total. The number of ether oxygens (including phenoxy) is 1. The summed E-state index contributed by atoms with van der Waals surface area (Å²) in [5, 5.41) is 0. The second-order valence-electron chi connectivity index (χ2n) is 3.00. The van der Waals surface area contributed by atoms with E-state index in [1.54, 1.807) is 16.8 Å². The van der Waals surface area contributed by atoms with Crippen molar-refractivity contribution in [2.45, 2.75) is 26.5 Å². The number of aromatic nitrogens is 1. The first-order valence-electron chi connectivity index (χ1n) is 4.30. The van der Waals surface area contributed by atoms with Crippen molar-refractivity contribution < 1.29 is 4.74 Å². The smallest absolute Gasteiger partial charge is 0.302 e. The van der Waals surface area contributed by atoms with Crippen LogP contribution in [-0.4, -0.2) is 17.3 Å². The maximum absolute atomic E-state index is 11.1. The summed E-state index contributed by atoms with van der Waals surface area (Å²) in [7, 11) is 0. The molecule has 0 aromatic carbocycles. The number of hydrogen-bond acceptors (Lipinski definition) is 2. The van der Waals surface area contributed by atoms with Crippen molar-refractivity contribution in [3.05, 3.63) is 34.7 Å². The quantitative estimate of drug-likeness (QED) is 0.687. The highest BCUT2D eigenvalue weighted by Crippen LogP contribution is 1.88. The minimum Gasteiger partial charge on any atom is -0.377 e. The molecule has 1 aromatic heterocycles.